The maximum Gasteiger partial charge on any atom is 0.240 e. The lowest BCUT2D eigenvalue weighted by atomic mass is 10.2. The molecule has 0 radical (unpaired) electrons. The van der Waals surface area contributed by atoms with Crippen molar-refractivity contribution in [3.05, 3.63) is 90.0 Å². The Balaban J connectivity index is 1.54. The van der Waals surface area contributed by atoms with Crippen LogP contribution < -0.4 is 14.4 Å². The van der Waals surface area contributed by atoms with Gasteiger partial charge in [-0.05, 0) is 48.9 Å². The van der Waals surface area contributed by atoms with Crippen molar-refractivity contribution in [2.24, 2.45) is 0 Å². The summed E-state index contributed by atoms with van der Waals surface area (Å²) < 4.78 is 32.0. The number of carbonyl (C=O) groups excluding carboxylic acids is 1. The van der Waals surface area contributed by atoms with Gasteiger partial charge in [0.25, 0.3) is 0 Å². The summed E-state index contributed by atoms with van der Waals surface area (Å²) in [5.74, 6) is 2.41. The van der Waals surface area contributed by atoms with Gasteiger partial charge in [0.15, 0.2) is 5.75 Å². The van der Waals surface area contributed by atoms with Crippen LogP contribution in [0.15, 0.2) is 78.9 Å². The lowest BCUT2D eigenvalue weighted by molar-refractivity contribution is -0.119. The van der Waals surface area contributed by atoms with Crippen LogP contribution in [0.4, 0.5) is 5.69 Å². The molecule has 0 bridgehead atoms. The molecule has 3 rings (SSSR count). The third kappa shape index (κ3) is 8.11. The zero-order chi connectivity index (χ0) is 24.4. The molecule has 3 aromatic carbocycles. The summed E-state index contributed by atoms with van der Waals surface area (Å²) >= 11 is 1.81. The highest BCUT2D eigenvalue weighted by Gasteiger charge is 2.24. The van der Waals surface area contributed by atoms with Crippen LogP contribution >= 0.6 is 11.8 Å². The van der Waals surface area contributed by atoms with E-state index < -0.39 is 10.0 Å². The number of carbonyl (C=O) groups is 1. The van der Waals surface area contributed by atoms with Crippen molar-refractivity contribution >= 4 is 33.4 Å². The number of aryl methyl sites for hydroxylation is 1. The maximum atomic E-state index is 12.6. The van der Waals surface area contributed by atoms with Gasteiger partial charge in [0.05, 0.1) is 11.9 Å². The van der Waals surface area contributed by atoms with E-state index in [1.165, 1.54) is 11.1 Å². The van der Waals surface area contributed by atoms with Crippen LogP contribution in [0.5, 0.6) is 11.5 Å². The molecule has 0 aliphatic carbocycles. The van der Waals surface area contributed by atoms with Gasteiger partial charge in [-0.2, -0.15) is 11.8 Å². The van der Waals surface area contributed by atoms with Crippen molar-refractivity contribution < 1.29 is 17.9 Å². The molecule has 180 valence electrons. The number of nitrogens with zero attached hydrogens (tertiary/aromatic N) is 1. The molecule has 0 unspecified atom stereocenters. The Morgan fingerprint density at radius 1 is 1.00 bits per heavy atom. The van der Waals surface area contributed by atoms with E-state index in [2.05, 4.69) is 36.5 Å². The van der Waals surface area contributed by atoms with Crippen LogP contribution in [0.25, 0.3) is 0 Å². The normalized spacial score (nSPS) is 11.1. The SMILES string of the molecule is Cc1cccc(CSCCCNC(=O)CN(c2ccccc2Oc2ccccc2)S(C)(=O)=O)c1. The molecule has 34 heavy (non-hydrogen) atoms. The summed E-state index contributed by atoms with van der Waals surface area (Å²) in [7, 11) is -3.71. The van der Waals surface area contributed by atoms with E-state index in [0.717, 1.165) is 28.5 Å². The predicted molar refractivity (Wildman–Crippen MR) is 140 cm³/mol. The number of anilines is 1. The fourth-order valence-electron chi connectivity index (χ4n) is 3.33. The maximum absolute atomic E-state index is 12.6. The summed E-state index contributed by atoms with van der Waals surface area (Å²) in [4.78, 5) is 12.6. The van der Waals surface area contributed by atoms with Gasteiger partial charge in [0, 0.05) is 12.3 Å². The van der Waals surface area contributed by atoms with Gasteiger partial charge in [0.1, 0.15) is 12.3 Å². The smallest absolute Gasteiger partial charge is 0.240 e. The summed E-state index contributed by atoms with van der Waals surface area (Å²) in [6, 6.07) is 24.3. The Morgan fingerprint density at radius 3 is 2.47 bits per heavy atom. The Morgan fingerprint density at radius 2 is 1.74 bits per heavy atom. The molecule has 0 aromatic heterocycles. The van der Waals surface area contributed by atoms with Crippen molar-refractivity contribution in [1.82, 2.24) is 5.32 Å². The van der Waals surface area contributed by atoms with Crippen LogP contribution in [-0.2, 0) is 20.6 Å². The quantitative estimate of drug-likeness (QED) is 0.356. The molecule has 1 N–H and O–H groups in total. The highest BCUT2D eigenvalue weighted by atomic mass is 32.2. The third-order valence-electron chi connectivity index (χ3n) is 4.93. The number of benzene rings is 3. The van der Waals surface area contributed by atoms with Crippen molar-refractivity contribution in [2.45, 2.75) is 19.1 Å². The minimum absolute atomic E-state index is 0.315. The van der Waals surface area contributed by atoms with E-state index in [9.17, 15) is 13.2 Å². The molecule has 0 fully saturated rings. The first-order valence-electron chi connectivity index (χ1n) is 11.0. The average molecular weight is 499 g/mol. The second-order valence-corrected chi connectivity index (χ2v) is 10.9. The Labute approximate surface area is 206 Å². The minimum Gasteiger partial charge on any atom is -0.455 e. The number of hydrogen-bond acceptors (Lipinski definition) is 5. The van der Waals surface area contributed by atoms with Gasteiger partial charge in [-0.15, -0.1) is 0 Å². The lowest BCUT2D eigenvalue weighted by Crippen LogP contribution is -2.40. The Bertz CT molecular complexity index is 1180. The summed E-state index contributed by atoms with van der Waals surface area (Å²) in [5.41, 5.74) is 2.85. The number of hydrogen-bond donors (Lipinski definition) is 1. The van der Waals surface area contributed by atoms with E-state index in [4.69, 9.17) is 4.74 Å². The predicted octanol–water partition coefficient (Wildman–Crippen LogP) is 4.99. The second kappa shape index (κ2) is 12.5. The third-order valence-corrected chi connectivity index (χ3v) is 7.17. The summed E-state index contributed by atoms with van der Waals surface area (Å²) in [6.45, 7) is 2.25. The largest absolute Gasteiger partial charge is 0.455 e. The van der Waals surface area contributed by atoms with Gasteiger partial charge in [0.2, 0.25) is 15.9 Å². The topological polar surface area (TPSA) is 75.7 Å². The highest BCUT2D eigenvalue weighted by molar-refractivity contribution is 7.98. The summed E-state index contributed by atoms with van der Waals surface area (Å²) in [5, 5.41) is 2.83. The second-order valence-electron chi connectivity index (χ2n) is 7.90. The van der Waals surface area contributed by atoms with Gasteiger partial charge >= 0.3 is 0 Å². The molecule has 0 aliphatic heterocycles. The monoisotopic (exact) mass is 498 g/mol. The molecule has 1 amide bonds. The van der Waals surface area contributed by atoms with E-state index in [1.54, 1.807) is 36.4 Å². The number of sulfonamides is 1. The molecule has 3 aromatic rings. The van der Waals surface area contributed by atoms with E-state index >= 15 is 0 Å². The molecule has 0 atom stereocenters. The van der Waals surface area contributed by atoms with E-state index in [-0.39, 0.29) is 12.5 Å². The van der Waals surface area contributed by atoms with Crippen LogP contribution in [-0.4, -0.2) is 39.4 Å². The fraction of sp³-hybridized carbons (Fsp3) is 0.269. The van der Waals surface area contributed by atoms with Gasteiger partial charge in [-0.1, -0.05) is 60.2 Å². The average Bonchev–Trinajstić information content (AvgIpc) is 2.80. The number of para-hydroxylation sites is 3. The zero-order valence-corrected chi connectivity index (χ0v) is 21.1. The standard InChI is InChI=1S/C26H30N2O4S2/c1-21-10-8-11-22(18-21)20-33-17-9-16-27-26(29)19-28(34(2,30)31)24-14-6-7-15-25(24)32-23-12-4-3-5-13-23/h3-8,10-15,18H,9,16-17,19-20H2,1-2H3,(H,27,29). The minimum atomic E-state index is -3.71. The highest BCUT2D eigenvalue weighted by Crippen LogP contribution is 2.33. The molecular weight excluding hydrogens is 468 g/mol. The number of thioether (sulfide) groups is 1. The molecule has 0 aliphatic rings. The number of ether oxygens (including phenoxy) is 1. The van der Waals surface area contributed by atoms with Crippen LogP contribution in [0.2, 0.25) is 0 Å². The Hall–Kier alpha value is -2.97. The van der Waals surface area contributed by atoms with Crippen LogP contribution in [0, 0.1) is 6.92 Å². The van der Waals surface area contributed by atoms with Crippen LogP contribution in [0.1, 0.15) is 17.5 Å². The summed E-state index contributed by atoms with van der Waals surface area (Å²) in [6.07, 6.45) is 1.89. The number of nitrogens with one attached hydrogen (secondary N) is 1. The first-order chi connectivity index (χ1) is 16.3. The Kier molecular flexibility index (Phi) is 9.42. The molecule has 0 spiro atoms. The molecule has 0 saturated carbocycles. The van der Waals surface area contributed by atoms with Crippen molar-refractivity contribution in [2.75, 3.05) is 29.4 Å². The number of rotatable bonds is 12. The fourth-order valence-corrected chi connectivity index (χ4v) is 5.09. The molecule has 8 heteroatoms. The van der Waals surface area contributed by atoms with Gasteiger partial charge in [-0.25, -0.2) is 8.42 Å². The first-order valence-corrected chi connectivity index (χ1v) is 14.0. The molecule has 0 heterocycles. The zero-order valence-electron chi connectivity index (χ0n) is 19.4. The molecule has 0 saturated heterocycles. The van der Waals surface area contributed by atoms with Gasteiger partial charge < -0.3 is 10.1 Å². The number of amides is 1. The first kappa shape index (κ1) is 25.6. The van der Waals surface area contributed by atoms with Gasteiger partial charge in [-0.3, -0.25) is 9.10 Å². The van der Waals surface area contributed by atoms with Crippen molar-refractivity contribution in [3.63, 3.8) is 0 Å². The van der Waals surface area contributed by atoms with Crippen molar-refractivity contribution in [3.8, 4) is 11.5 Å². The van der Waals surface area contributed by atoms with E-state index in [1.807, 2.05) is 30.0 Å². The molecule has 6 nitrogen and oxygen atoms in total. The molecular formula is C26H30N2O4S2. The van der Waals surface area contributed by atoms with Crippen molar-refractivity contribution in [1.29, 1.82) is 0 Å². The lowest BCUT2D eigenvalue weighted by Gasteiger charge is -2.24. The van der Waals surface area contributed by atoms with Crippen LogP contribution in [0.3, 0.4) is 0 Å². The van der Waals surface area contributed by atoms with E-state index in [0.29, 0.717) is 23.7 Å².